The summed E-state index contributed by atoms with van der Waals surface area (Å²) in [7, 11) is 3.41. The molecule has 0 unspecified atom stereocenters. The minimum atomic E-state index is -0.395. The average molecular weight is 299 g/mol. The maximum atomic E-state index is 11.3. The van der Waals surface area contributed by atoms with E-state index in [9.17, 15) is 9.59 Å². The molecule has 2 rings (SSSR count). The van der Waals surface area contributed by atoms with Crippen LogP contribution in [-0.4, -0.2) is 56.0 Å². The van der Waals surface area contributed by atoms with Gasteiger partial charge in [-0.15, -0.1) is 0 Å². The Kier molecular flexibility index (Phi) is 4.84. The van der Waals surface area contributed by atoms with Crippen molar-refractivity contribution in [1.29, 1.82) is 0 Å². The average Bonchev–Trinajstić information content (AvgIpc) is 2.54. The maximum Gasteiger partial charge on any atom is 0.307 e. The van der Waals surface area contributed by atoms with E-state index in [4.69, 9.17) is 18.9 Å². The summed E-state index contributed by atoms with van der Waals surface area (Å²) in [6.45, 7) is 2.78. The van der Waals surface area contributed by atoms with Crippen molar-refractivity contribution in [2.45, 2.75) is 44.9 Å². The Morgan fingerprint density at radius 2 is 1.90 bits per heavy atom. The SMILES string of the molecule is COCOC1=C(OC(C)=O)[C@H]2CC[C@@H](OC(C)=O)[C@@H]1N2C. The van der Waals surface area contributed by atoms with Crippen LogP contribution in [0.25, 0.3) is 0 Å². The molecule has 0 aliphatic carbocycles. The van der Waals surface area contributed by atoms with Gasteiger partial charge in [0.2, 0.25) is 0 Å². The van der Waals surface area contributed by atoms with Crippen LogP contribution >= 0.6 is 0 Å². The van der Waals surface area contributed by atoms with Gasteiger partial charge >= 0.3 is 11.9 Å². The summed E-state index contributed by atoms with van der Waals surface area (Å²) in [5.41, 5.74) is 0. The fourth-order valence-electron chi connectivity index (χ4n) is 3.01. The first-order valence-electron chi connectivity index (χ1n) is 6.89. The fourth-order valence-corrected chi connectivity index (χ4v) is 3.01. The topological polar surface area (TPSA) is 74.3 Å². The summed E-state index contributed by atoms with van der Waals surface area (Å²) < 4.78 is 21.3. The van der Waals surface area contributed by atoms with Crippen molar-refractivity contribution in [2.75, 3.05) is 21.0 Å². The Hall–Kier alpha value is -1.60. The molecule has 0 amide bonds. The molecule has 2 aliphatic rings. The highest BCUT2D eigenvalue weighted by Crippen LogP contribution is 2.41. The van der Waals surface area contributed by atoms with E-state index in [1.807, 2.05) is 11.9 Å². The zero-order valence-electron chi connectivity index (χ0n) is 12.8. The molecule has 7 nitrogen and oxygen atoms in total. The van der Waals surface area contributed by atoms with Gasteiger partial charge in [-0.1, -0.05) is 0 Å². The minimum absolute atomic E-state index is 0.0439. The Morgan fingerprint density at radius 3 is 2.48 bits per heavy atom. The molecule has 118 valence electrons. The Bertz CT molecular complexity index is 460. The van der Waals surface area contributed by atoms with E-state index in [0.29, 0.717) is 17.9 Å². The second-order valence-electron chi connectivity index (χ2n) is 5.22. The molecule has 21 heavy (non-hydrogen) atoms. The predicted octanol–water partition coefficient (Wildman–Crippen LogP) is 0.790. The lowest BCUT2D eigenvalue weighted by molar-refractivity contribution is -0.152. The van der Waals surface area contributed by atoms with Gasteiger partial charge in [-0.05, 0) is 19.9 Å². The number of carbonyl (C=O) groups excluding carboxylic acids is 2. The summed E-state index contributed by atoms with van der Waals surface area (Å²) >= 11 is 0. The number of piperidine rings is 1. The second-order valence-corrected chi connectivity index (χ2v) is 5.22. The number of likely N-dealkylation sites (N-methyl/N-ethyl adjacent to an activating group) is 1. The minimum Gasteiger partial charge on any atom is -0.466 e. The fraction of sp³-hybridized carbons (Fsp3) is 0.714. The molecule has 0 saturated carbocycles. The number of methoxy groups -OCH3 is 1. The standard InChI is InChI=1S/C14H21NO6/c1-8(16)20-11-6-5-10-13(21-9(2)17)14(19-7-18-4)12(11)15(10)3/h10-12H,5-7H2,1-4H3/t10-,11-,12+/m1/s1. The highest BCUT2D eigenvalue weighted by atomic mass is 16.7. The first kappa shape index (κ1) is 15.8. The van der Waals surface area contributed by atoms with Crippen LogP contribution in [0.3, 0.4) is 0 Å². The van der Waals surface area contributed by atoms with Crippen molar-refractivity contribution in [3.63, 3.8) is 0 Å². The molecule has 3 atom stereocenters. The number of esters is 2. The van der Waals surface area contributed by atoms with Gasteiger partial charge in [0.15, 0.2) is 18.3 Å². The second kappa shape index (κ2) is 6.44. The number of fused-ring (bicyclic) bond motifs is 2. The molecule has 0 aromatic heterocycles. The van der Waals surface area contributed by atoms with E-state index in [-0.39, 0.29) is 30.9 Å². The van der Waals surface area contributed by atoms with Crippen LogP contribution < -0.4 is 0 Å². The third-order valence-corrected chi connectivity index (χ3v) is 3.72. The number of rotatable bonds is 5. The van der Waals surface area contributed by atoms with Crippen molar-refractivity contribution in [1.82, 2.24) is 4.90 Å². The van der Waals surface area contributed by atoms with Crippen LogP contribution in [0.4, 0.5) is 0 Å². The molecule has 0 radical (unpaired) electrons. The molecular formula is C14H21NO6. The number of hydrogen-bond donors (Lipinski definition) is 0. The lowest BCUT2D eigenvalue weighted by atomic mass is 9.99. The lowest BCUT2D eigenvalue weighted by Crippen LogP contribution is -2.49. The van der Waals surface area contributed by atoms with Gasteiger partial charge in [-0.3, -0.25) is 14.5 Å². The number of hydrogen-bond acceptors (Lipinski definition) is 7. The molecule has 2 bridgehead atoms. The molecule has 0 aromatic rings. The normalized spacial score (nSPS) is 28.5. The van der Waals surface area contributed by atoms with Gasteiger partial charge in [0.1, 0.15) is 12.1 Å². The molecule has 1 saturated heterocycles. The largest absolute Gasteiger partial charge is 0.466 e. The van der Waals surface area contributed by atoms with Crippen LogP contribution in [0.5, 0.6) is 0 Å². The highest BCUT2D eigenvalue weighted by Gasteiger charge is 2.50. The van der Waals surface area contributed by atoms with E-state index in [0.717, 1.165) is 6.42 Å². The summed E-state index contributed by atoms with van der Waals surface area (Å²) in [6.07, 6.45) is 1.11. The molecule has 0 aromatic carbocycles. The van der Waals surface area contributed by atoms with Crippen LogP contribution in [0.2, 0.25) is 0 Å². The molecule has 2 heterocycles. The van der Waals surface area contributed by atoms with E-state index < -0.39 is 5.97 Å². The Balaban J connectivity index is 2.30. The van der Waals surface area contributed by atoms with Crippen molar-refractivity contribution in [3.8, 4) is 0 Å². The van der Waals surface area contributed by atoms with Gasteiger partial charge < -0.3 is 18.9 Å². The zero-order chi connectivity index (χ0) is 15.6. The molecular weight excluding hydrogens is 278 g/mol. The number of ether oxygens (including phenoxy) is 4. The van der Waals surface area contributed by atoms with Crippen LogP contribution in [0.15, 0.2) is 11.5 Å². The first-order valence-corrected chi connectivity index (χ1v) is 6.89. The summed E-state index contributed by atoms with van der Waals surface area (Å²) in [5, 5.41) is 0. The van der Waals surface area contributed by atoms with Crippen molar-refractivity contribution in [2.24, 2.45) is 0 Å². The molecule has 2 aliphatic heterocycles. The van der Waals surface area contributed by atoms with Gasteiger partial charge in [0.05, 0.1) is 6.04 Å². The van der Waals surface area contributed by atoms with Crippen molar-refractivity contribution < 1.29 is 28.5 Å². The predicted molar refractivity (Wildman–Crippen MR) is 71.9 cm³/mol. The Labute approximate surface area is 123 Å². The van der Waals surface area contributed by atoms with Crippen LogP contribution in [-0.2, 0) is 28.5 Å². The molecule has 1 fully saturated rings. The van der Waals surface area contributed by atoms with E-state index >= 15 is 0 Å². The van der Waals surface area contributed by atoms with Crippen LogP contribution in [0.1, 0.15) is 26.7 Å². The summed E-state index contributed by atoms with van der Waals surface area (Å²) in [6, 6.07) is -0.297. The number of carbonyl (C=O) groups is 2. The zero-order valence-corrected chi connectivity index (χ0v) is 12.8. The summed E-state index contributed by atoms with van der Waals surface area (Å²) in [5.74, 6) is 0.289. The van der Waals surface area contributed by atoms with E-state index in [2.05, 4.69) is 0 Å². The quantitative estimate of drug-likeness (QED) is 0.549. The molecule has 0 spiro atoms. The van der Waals surface area contributed by atoms with Gasteiger partial charge in [-0.2, -0.15) is 0 Å². The maximum absolute atomic E-state index is 11.3. The van der Waals surface area contributed by atoms with Gasteiger partial charge in [0, 0.05) is 21.0 Å². The first-order chi connectivity index (χ1) is 9.95. The van der Waals surface area contributed by atoms with Crippen LogP contribution in [0, 0.1) is 0 Å². The van der Waals surface area contributed by atoms with E-state index in [1.165, 1.54) is 21.0 Å². The lowest BCUT2D eigenvalue weighted by Gasteiger charge is -2.37. The smallest absolute Gasteiger partial charge is 0.307 e. The van der Waals surface area contributed by atoms with E-state index in [1.54, 1.807) is 0 Å². The molecule has 0 N–H and O–H groups in total. The Morgan fingerprint density at radius 1 is 1.19 bits per heavy atom. The number of nitrogens with zero attached hydrogens (tertiary/aromatic N) is 1. The van der Waals surface area contributed by atoms with Crippen molar-refractivity contribution >= 4 is 11.9 Å². The van der Waals surface area contributed by atoms with Gasteiger partial charge in [-0.25, -0.2) is 0 Å². The monoisotopic (exact) mass is 299 g/mol. The third kappa shape index (κ3) is 3.19. The summed E-state index contributed by atoms with van der Waals surface area (Å²) in [4.78, 5) is 24.6. The third-order valence-electron chi connectivity index (χ3n) is 3.72. The van der Waals surface area contributed by atoms with Crippen molar-refractivity contribution in [3.05, 3.63) is 11.5 Å². The molecule has 7 heteroatoms. The highest BCUT2D eigenvalue weighted by molar-refractivity contribution is 5.68. The van der Waals surface area contributed by atoms with Gasteiger partial charge in [0.25, 0.3) is 0 Å².